The third kappa shape index (κ3) is 2.66. The van der Waals surface area contributed by atoms with E-state index >= 15 is 0 Å². The summed E-state index contributed by atoms with van der Waals surface area (Å²) in [6, 6.07) is 11.9. The molecule has 0 radical (unpaired) electrons. The van der Waals surface area contributed by atoms with Gasteiger partial charge in [0.05, 0.1) is 17.6 Å². The Kier molecular flexibility index (Phi) is 3.66. The van der Waals surface area contributed by atoms with Crippen LogP contribution in [0.4, 0.5) is 5.69 Å². The molecule has 2 aromatic rings. The first-order valence-corrected chi connectivity index (χ1v) is 6.05. The molecule has 3 heteroatoms. The quantitative estimate of drug-likeness (QED) is 0.611. The molecule has 80 valence electrons. The summed E-state index contributed by atoms with van der Waals surface area (Å²) in [7, 11) is 0. The van der Waals surface area contributed by atoms with E-state index in [2.05, 4.69) is 51.6 Å². The number of pyridine rings is 1. The van der Waals surface area contributed by atoms with Crippen LogP contribution in [-0.4, -0.2) is 11.2 Å². The van der Waals surface area contributed by atoms with Crippen molar-refractivity contribution in [2.75, 3.05) is 0 Å². The number of hydrogen-bond acceptors (Lipinski definition) is 2. The van der Waals surface area contributed by atoms with Crippen LogP contribution < -0.4 is 0 Å². The molecule has 0 amide bonds. The van der Waals surface area contributed by atoms with E-state index in [4.69, 9.17) is 0 Å². The van der Waals surface area contributed by atoms with Crippen molar-refractivity contribution in [2.24, 2.45) is 4.99 Å². The third-order valence-corrected chi connectivity index (χ3v) is 3.07. The minimum absolute atomic E-state index is 0.876. The van der Waals surface area contributed by atoms with Crippen molar-refractivity contribution in [2.45, 2.75) is 6.92 Å². The summed E-state index contributed by atoms with van der Waals surface area (Å²) in [6.07, 6.45) is 3.56. The lowest BCUT2D eigenvalue weighted by Gasteiger charge is -2.01. The lowest BCUT2D eigenvalue weighted by Crippen LogP contribution is -1.86. The molecule has 0 N–H and O–H groups in total. The van der Waals surface area contributed by atoms with Crippen molar-refractivity contribution >= 4 is 34.5 Å². The van der Waals surface area contributed by atoms with Crippen LogP contribution in [0.5, 0.6) is 0 Å². The van der Waals surface area contributed by atoms with Crippen LogP contribution in [0.3, 0.4) is 0 Å². The summed E-state index contributed by atoms with van der Waals surface area (Å²) in [6.45, 7) is 2.06. The highest BCUT2D eigenvalue weighted by Crippen LogP contribution is 2.24. The zero-order valence-corrected chi connectivity index (χ0v) is 11.0. The van der Waals surface area contributed by atoms with Crippen LogP contribution in [0.2, 0.25) is 0 Å². The Bertz CT molecular complexity index is 486. The Morgan fingerprint density at radius 1 is 1.19 bits per heavy atom. The summed E-state index contributed by atoms with van der Waals surface area (Å²) in [4.78, 5) is 8.68. The fourth-order valence-corrected chi connectivity index (χ4v) is 2.14. The molecule has 0 saturated heterocycles. The van der Waals surface area contributed by atoms with Crippen molar-refractivity contribution in [3.63, 3.8) is 0 Å². The molecule has 2 rings (SSSR count). The summed E-state index contributed by atoms with van der Waals surface area (Å²) >= 11 is 2.29. The van der Waals surface area contributed by atoms with E-state index in [1.54, 1.807) is 12.4 Å². The zero-order valence-electron chi connectivity index (χ0n) is 8.89. The molecule has 1 heterocycles. The molecule has 0 atom stereocenters. The summed E-state index contributed by atoms with van der Waals surface area (Å²) in [5, 5.41) is 0. The summed E-state index contributed by atoms with van der Waals surface area (Å²) < 4.78 is 1.16. The molecule has 1 aromatic carbocycles. The van der Waals surface area contributed by atoms with Gasteiger partial charge < -0.3 is 0 Å². The fraction of sp³-hybridized carbons (Fsp3) is 0.0769. The van der Waals surface area contributed by atoms with Gasteiger partial charge in [0, 0.05) is 9.77 Å². The highest BCUT2D eigenvalue weighted by molar-refractivity contribution is 14.1. The van der Waals surface area contributed by atoms with Crippen LogP contribution >= 0.6 is 22.6 Å². The van der Waals surface area contributed by atoms with Crippen LogP contribution in [0.15, 0.2) is 47.6 Å². The van der Waals surface area contributed by atoms with Gasteiger partial charge in [-0.3, -0.25) is 9.98 Å². The van der Waals surface area contributed by atoms with E-state index < -0.39 is 0 Å². The van der Waals surface area contributed by atoms with Gasteiger partial charge in [0.1, 0.15) is 0 Å². The van der Waals surface area contributed by atoms with E-state index in [0.29, 0.717) is 0 Å². The molecule has 0 spiro atoms. The van der Waals surface area contributed by atoms with E-state index in [9.17, 15) is 0 Å². The number of nitrogens with zero attached hydrogens (tertiary/aromatic N) is 2. The molecule has 16 heavy (non-hydrogen) atoms. The summed E-state index contributed by atoms with van der Waals surface area (Å²) in [5.41, 5.74) is 3.08. The molecule has 0 fully saturated rings. The number of halogens is 1. The van der Waals surface area contributed by atoms with Gasteiger partial charge in [-0.25, -0.2) is 0 Å². The number of hydrogen-bond donors (Lipinski definition) is 0. The molecule has 2 nitrogen and oxygen atoms in total. The monoisotopic (exact) mass is 322 g/mol. The second-order valence-corrected chi connectivity index (χ2v) is 4.58. The van der Waals surface area contributed by atoms with Gasteiger partial charge in [0.15, 0.2) is 0 Å². The molecular weight excluding hydrogens is 311 g/mol. The lowest BCUT2D eigenvalue weighted by molar-refractivity contribution is 1.29. The first kappa shape index (κ1) is 11.3. The molecule has 0 saturated carbocycles. The minimum Gasteiger partial charge on any atom is -0.255 e. The van der Waals surface area contributed by atoms with Crippen LogP contribution in [0.25, 0.3) is 0 Å². The SMILES string of the molecule is Cc1cccc(I)c1N=Cc1ccccn1. The van der Waals surface area contributed by atoms with Gasteiger partial charge in [-0.2, -0.15) is 0 Å². The van der Waals surface area contributed by atoms with Crippen molar-refractivity contribution in [1.82, 2.24) is 4.98 Å². The number of aromatic nitrogens is 1. The first-order chi connectivity index (χ1) is 7.77. The normalized spacial score (nSPS) is 10.9. The van der Waals surface area contributed by atoms with Crippen molar-refractivity contribution in [3.05, 3.63) is 57.4 Å². The topological polar surface area (TPSA) is 25.2 Å². The molecule has 0 aliphatic rings. The Balaban J connectivity index is 2.31. The first-order valence-electron chi connectivity index (χ1n) is 4.97. The van der Waals surface area contributed by atoms with Crippen LogP contribution in [0.1, 0.15) is 11.3 Å². The lowest BCUT2D eigenvalue weighted by atomic mass is 10.2. The van der Waals surface area contributed by atoms with Gasteiger partial charge in [-0.15, -0.1) is 0 Å². The second kappa shape index (κ2) is 5.21. The van der Waals surface area contributed by atoms with E-state index in [1.807, 2.05) is 24.3 Å². The largest absolute Gasteiger partial charge is 0.255 e. The predicted molar refractivity (Wildman–Crippen MR) is 75.4 cm³/mol. The average molecular weight is 322 g/mol. The van der Waals surface area contributed by atoms with E-state index in [-0.39, 0.29) is 0 Å². The van der Waals surface area contributed by atoms with Crippen molar-refractivity contribution in [1.29, 1.82) is 0 Å². The number of benzene rings is 1. The second-order valence-electron chi connectivity index (χ2n) is 3.42. The average Bonchev–Trinajstić information content (AvgIpc) is 2.30. The molecule has 1 aromatic heterocycles. The highest BCUT2D eigenvalue weighted by Gasteiger charge is 1.99. The van der Waals surface area contributed by atoms with Gasteiger partial charge in [0.25, 0.3) is 0 Å². The van der Waals surface area contributed by atoms with Gasteiger partial charge >= 0.3 is 0 Å². The Morgan fingerprint density at radius 3 is 2.75 bits per heavy atom. The smallest absolute Gasteiger partial charge is 0.0812 e. The minimum atomic E-state index is 0.876. The number of aliphatic imine (C=N–C) groups is 1. The molecule has 0 bridgehead atoms. The molecule has 0 aliphatic carbocycles. The van der Waals surface area contributed by atoms with Crippen LogP contribution in [0, 0.1) is 10.5 Å². The predicted octanol–water partition coefficient (Wildman–Crippen LogP) is 3.75. The maximum atomic E-state index is 4.48. The maximum absolute atomic E-state index is 4.48. The van der Waals surface area contributed by atoms with Gasteiger partial charge in [-0.1, -0.05) is 18.2 Å². The molecule has 0 aliphatic heterocycles. The number of rotatable bonds is 2. The zero-order chi connectivity index (χ0) is 11.4. The number of para-hydroxylation sites is 1. The van der Waals surface area contributed by atoms with E-state index in [0.717, 1.165) is 15.0 Å². The Morgan fingerprint density at radius 2 is 2.06 bits per heavy atom. The molecule has 0 unspecified atom stereocenters. The Hall–Kier alpha value is -1.23. The van der Waals surface area contributed by atoms with Crippen molar-refractivity contribution < 1.29 is 0 Å². The van der Waals surface area contributed by atoms with Gasteiger partial charge in [0.2, 0.25) is 0 Å². The van der Waals surface area contributed by atoms with E-state index in [1.165, 1.54) is 5.56 Å². The molecular formula is C13H11IN2. The fourth-order valence-electron chi connectivity index (χ4n) is 1.37. The maximum Gasteiger partial charge on any atom is 0.0812 e. The van der Waals surface area contributed by atoms with Crippen LogP contribution in [-0.2, 0) is 0 Å². The van der Waals surface area contributed by atoms with Gasteiger partial charge in [-0.05, 0) is 53.3 Å². The highest BCUT2D eigenvalue weighted by atomic mass is 127. The Labute approximate surface area is 109 Å². The summed E-state index contributed by atoms with van der Waals surface area (Å²) in [5.74, 6) is 0. The standard InChI is InChI=1S/C13H11IN2/c1-10-5-4-7-12(14)13(10)16-9-11-6-2-3-8-15-11/h2-9H,1H3. The number of aryl methyl sites for hydroxylation is 1. The van der Waals surface area contributed by atoms with Crippen molar-refractivity contribution in [3.8, 4) is 0 Å². The third-order valence-electron chi connectivity index (χ3n) is 2.20.